The third kappa shape index (κ3) is 4.51. The van der Waals surface area contributed by atoms with Crippen molar-refractivity contribution < 1.29 is 4.79 Å². The fraction of sp³-hybridized carbons (Fsp3) is 0.231. The Bertz CT molecular complexity index is 757. The number of carbonyl (C=O) groups is 1. The highest BCUT2D eigenvalue weighted by Crippen LogP contribution is 2.30. The smallest absolute Gasteiger partial charge is 0.230 e. The molecule has 0 aliphatic rings. The molecule has 10 heteroatoms. The summed E-state index contributed by atoms with van der Waals surface area (Å²) in [5, 5.41) is 20.3. The number of benzene rings is 1. The molecule has 7 nitrogen and oxygen atoms in total. The lowest BCUT2D eigenvalue weighted by molar-refractivity contribution is -0.118. The van der Waals surface area contributed by atoms with Gasteiger partial charge in [-0.25, -0.2) is 4.68 Å². The van der Waals surface area contributed by atoms with Crippen molar-refractivity contribution in [3.8, 4) is 17.5 Å². The highest BCUT2D eigenvalue weighted by atomic mass is 35.5. The minimum atomic E-state index is -0.209. The summed E-state index contributed by atoms with van der Waals surface area (Å²) in [5.41, 5.74) is 0.594. The van der Waals surface area contributed by atoms with Crippen LogP contribution in [0.4, 0.5) is 0 Å². The SMILES string of the molecule is N#CCCNC(=O)CSc1nnc(-c2ccc(Cl)cc2Cl)n1N. The second-order valence-electron chi connectivity index (χ2n) is 4.35. The lowest BCUT2D eigenvalue weighted by atomic mass is 10.2. The van der Waals surface area contributed by atoms with Crippen molar-refractivity contribution in [2.75, 3.05) is 18.1 Å². The van der Waals surface area contributed by atoms with Crippen LogP contribution in [0.25, 0.3) is 11.4 Å². The van der Waals surface area contributed by atoms with Gasteiger partial charge >= 0.3 is 0 Å². The predicted molar refractivity (Wildman–Crippen MR) is 89.6 cm³/mol. The van der Waals surface area contributed by atoms with Gasteiger partial charge in [-0.15, -0.1) is 10.2 Å². The van der Waals surface area contributed by atoms with E-state index in [0.29, 0.717) is 33.1 Å². The van der Waals surface area contributed by atoms with Crippen molar-refractivity contribution in [3.63, 3.8) is 0 Å². The molecule has 1 aromatic heterocycles. The van der Waals surface area contributed by atoms with Gasteiger partial charge in [0.05, 0.1) is 23.3 Å². The molecule has 0 unspecified atom stereocenters. The molecule has 0 saturated carbocycles. The number of nitrogens with one attached hydrogen (secondary N) is 1. The molecular formula is C13H12Cl2N6OS. The van der Waals surface area contributed by atoms with Gasteiger partial charge in [-0.05, 0) is 18.2 Å². The summed E-state index contributed by atoms with van der Waals surface area (Å²) >= 11 is 13.1. The Morgan fingerprint density at radius 1 is 1.43 bits per heavy atom. The molecule has 0 atom stereocenters. The summed E-state index contributed by atoms with van der Waals surface area (Å²) in [5.74, 6) is 6.24. The molecule has 0 bridgehead atoms. The van der Waals surface area contributed by atoms with E-state index in [1.807, 2.05) is 6.07 Å². The van der Waals surface area contributed by atoms with Crippen molar-refractivity contribution in [3.05, 3.63) is 28.2 Å². The zero-order chi connectivity index (χ0) is 16.8. The van der Waals surface area contributed by atoms with Gasteiger partial charge in [-0.3, -0.25) is 4.79 Å². The van der Waals surface area contributed by atoms with Gasteiger partial charge in [-0.1, -0.05) is 35.0 Å². The van der Waals surface area contributed by atoms with Gasteiger partial charge in [0.25, 0.3) is 0 Å². The first kappa shape index (κ1) is 17.4. The molecule has 3 N–H and O–H groups in total. The van der Waals surface area contributed by atoms with Crippen LogP contribution in [0, 0.1) is 11.3 Å². The molecule has 120 valence electrons. The predicted octanol–water partition coefficient (Wildman–Crippen LogP) is 2.09. The first-order chi connectivity index (χ1) is 11.0. The molecule has 1 aromatic carbocycles. The molecule has 1 amide bonds. The summed E-state index contributed by atoms with van der Waals surface area (Å²) < 4.78 is 1.27. The van der Waals surface area contributed by atoms with Crippen LogP contribution in [-0.2, 0) is 4.79 Å². The van der Waals surface area contributed by atoms with E-state index in [0.717, 1.165) is 11.8 Å². The quantitative estimate of drug-likeness (QED) is 0.457. The average Bonchev–Trinajstić information content (AvgIpc) is 2.86. The Balaban J connectivity index is 2.05. The van der Waals surface area contributed by atoms with E-state index in [9.17, 15) is 4.79 Å². The van der Waals surface area contributed by atoms with Gasteiger partial charge in [0.1, 0.15) is 0 Å². The van der Waals surface area contributed by atoms with E-state index in [2.05, 4.69) is 15.5 Å². The maximum atomic E-state index is 11.6. The van der Waals surface area contributed by atoms with E-state index >= 15 is 0 Å². The largest absolute Gasteiger partial charge is 0.354 e. The number of nitriles is 1. The van der Waals surface area contributed by atoms with Crippen molar-refractivity contribution >= 4 is 40.9 Å². The zero-order valence-corrected chi connectivity index (χ0v) is 14.1. The molecular weight excluding hydrogens is 359 g/mol. The molecule has 23 heavy (non-hydrogen) atoms. The molecule has 0 radical (unpaired) electrons. The molecule has 0 saturated heterocycles. The fourth-order valence-corrected chi connectivity index (χ4v) is 2.85. The van der Waals surface area contributed by atoms with Crippen LogP contribution in [0.2, 0.25) is 10.0 Å². The van der Waals surface area contributed by atoms with Crippen molar-refractivity contribution in [2.24, 2.45) is 0 Å². The number of hydrogen-bond acceptors (Lipinski definition) is 6. The lowest BCUT2D eigenvalue weighted by Gasteiger charge is -2.06. The van der Waals surface area contributed by atoms with Crippen LogP contribution in [0.5, 0.6) is 0 Å². The van der Waals surface area contributed by atoms with Crippen LogP contribution < -0.4 is 11.2 Å². The summed E-state index contributed by atoms with van der Waals surface area (Å²) in [4.78, 5) is 11.6. The minimum Gasteiger partial charge on any atom is -0.354 e. The van der Waals surface area contributed by atoms with Crippen molar-refractivity contribution in [1.82, 2.24) is 20.2 Å². The molecule has 0 fully saturated rings. The third-order valence-electron chi connectivity index (χ3n) is 2.73. The first-order valence-electron chi connectivity index (χ1n) is 6.45. The number of rotatable bonds is 6. The van der Waals surface area contributed by atoms with E-state index < -0.39 is 0 Å². The number of nitrogens with zero attached hydrogens (tertiary/aromatic N) is 4. The topological polar surface area (TPSA) is 110 Å². The van der Waals surface area contributed by atoms with Crippen LogP contribution >= 0.6 is 35.0 Å². The molecule has 1 heterocycles. The van der Waals surface area contributed by atoms with E-state index in [1.54, 1.807) is 18.2 Å². The zero-order valence-electron chi connectivity index (χ0n) is 11.8. The number of nitrogen functional groups attached to an aromatic ring is 1. The number of hydrogen-bond donors (Lipinski definition) is 2. The maximum Gasteiger partial charge on any atom is 0.230 e. The average molecular weight is 371 g/mol. The highest BCUT2D eigenvalue weighted by Gasteiger charge is 2.16. The number of carbonyl (C=O) groups excluding carboxylic acids is 1. The first-order valence-corrected chi connectivity index (χ1v) is 8.19. The second kappa shape index (κ2) is 8.06. The van der Waals surface area contributed by atoms with E-state index in [4.69, 9.17) is 34.3 Å². The summed E-state index contributed by atoms with van der Waals surface area (Å²) in [6, 6.07) is 6.90. The molecule has 0 spiro atoms. The van der Waals surface area contributed by atoms with Crippen LogP contribution in [-0.4, -0.2) is 33.1 Å². The maximum absolute atomic E-state index is 11.6. The van der Waals surface area contributed by atoms with Gasteiger partial charge in [0.15, 0.2) is 5.82 Å². The summed E-state index contributed by atoms with van der Waals surface area (Å²) in [7, 11) is 0. The Labute approximate surface area is 146 Å². The molecule has 0 aliphatic heterocycles. The van der Waals surface area contributed by atoms with Crippen molar-refractivity contribution in [2.45, 2.75) is 11.6 Å². The van der Waals surface area contributed by atoms with Gasteiger partial charge in [-0.2, -0.15) is 5.26 Å². The third-order valence-corrected chi connectivity index (χ3v) is 4.22. The number of thioether (sulfide) groups is 1. The Morgan fingerprint density at radius 3 is 2.91 bits per heavy atom. The van der Waals surface area contributed by atoms with Crippen molar-refractivity contribution in [1.29, 1.82) is 5.26 Å². The van der Waals surface area contributed by atoms with E-state index in [1.165, 1.54) is 4.68 Å². The van der Waals surface area contributed by atoms with Crippen LogP contribution in [0.3, 0.4) is 0 Å². The van der Waals surface area contributed by atoms with Gasteiger partial charge < -0.3 is 11.2 Å². The number of nitrogens with two attached hydrogens (primary N) is 1. The Morgan fingerprint density at radius 2 is 2.22 bits per heavy atom. The lowest BCUT2D eigenvalue weighted by Crippen LogP contribution is -2.26. The minimum absolute atomic E-state index is 0.120. The molecule has 2 rings (SSSR count). The summed E-state index contributed by atoms with van der Waals surface area (Å²) in [6.45, 7) is 0.316. The number of amides is 1. The van der Waals surface area contributed by atoms with E-state index in [-0.39, 0.29) is 18.1 Å². The Hall–Kier alpha value is -1.95. The molecule has 0 aliphatic carbocycles. The van der Waals surface area contributed by atoms with Gasteiger partial charge in [0.2, 0.25) is 11.1 Å². The standard InChI is InChI=1S/C13H12Cl2N6OS/c14-8-2-3-9(10(15)6-8)12-19-20-13(21(12)17)23-7-11(22)18-5-1-4-16/h2-3,6H,1,5,7,17H2,(H,18,22). The van der Waals surface area contributed by atoms with Crippen LogP contribution in [0.1, 0.15) is 6.42 Å². The normalized spacial score (nSPS) is 10.3. The van der Waals surface area contributed by atoms with Crippen LogP contribution in [0.15, 0.2) is 23.4 Å². The second-order valence-corrected chi connectivity index (χ2v) is 6.13. The highest BCUT2D eigenvalue weighted by molar-refractivity contribution is 7.99. The van der Waals surface area contributed by atoms with Gasteiger partial charge in [0, 0.05) is 17.1 Å². The Kier molecular flexibility index (Phi) is 6.10. The number of halogens is 2. The number of aromatic nitrogens is 3. The fourth-order valence-electron chi connectivity index (χ4n) is 1.67. The summed E-state index contributed by atoms with van der Waals surface area (Å²) in [6.07, 6.45) is 0.267. The molecule has 2 aromatic rings. The monoisotopic (exact) mass is 370 g/mol.